The zero-order valence-electron chi connectivity index (χ0n) is 5.38. The zero-order valence-corrected chi connectivity index (χ0v) is 5.38. The van der Waals surface area contributed by atoms with Gasteiger partial charge in [0.25, 0.3) is 0 Å². The molecule has 1 rings (SSSR count). The predicted octanol–water partition coefficient (Wildman–Crippen LogP) is 0.494. The highest BCUT2D eigenvalue weighted by Gasteiger charge is 2.34. The van der Waals surface area contributed by atoms with Gasteiger partial charge in [0.1, 0.15) is 6.10 Å². The molecule has 1 aliphatic rings. The van der Waals surface area contributed by atoms with E-state index in [9.17, 15) is 4.39 Å². The van der Waals surface area contributed by atoms with Crippen LogP contribution in [0.2, 0.25) is 0 Å². The van der Waals surface area contributed by atoms with Crippen LogP contribution in [0.15, 0.2) is 0 Å². The van der Waals surface area contributed by atoms with E-state index in [1.54, 1.807) is 0 Å². The van der Waals surface area contributed by atoms with Crippen LogP contribution >= 0.6 is 0 Å². The molecule has 0 radical (unpaired) electrons. The van der Waals surface area contributed by atoms with Crippen molar-refractivity contribution in [2.75, 3.05) is 6.61 Å². The van der Waals surface area contributed by atoms with Crippen LogP contribution in [-0.4, -0.2) is 30.1 Å². The van der Waals surface area contributed by atoms with Gasteiger partial charge in [0.05, 0.1) is 12.7 Å². The van der Waals surface area contributed by atoms with Crippen molar-refractivity contribution >= 4 is 0 Å². The van der Waals surface area contributed by atoms with Crippen LogP contribution in [-0.2, 0) is 4.74 Å². The fraction of sp³-hybridized carbons (Fsp3) is 1.00. The molecule has 0 aromatic carbocycles. The molecule has 1 heterocycles. The number of rotatable bonds is 1. The number of halogens is 1. The topological polar surface area (TPSA) is 29.5 Å². The molecule has 1 N–H and O–H groups in total. The van der Waals surface area contributed by atoms with Crippen LogP contribution < -0.4 is 0 Å². The number of aliphatic hydroxyl groups excluding tert-OH is 1. The Labute approximate surface area is 53.6 Å². The van der Waals surface area contributed by atoms with Crippen molar-refractivity contribution in [3.8, 4) is 0 Å². The average Bonchev–Trinajstić information content (AvgIpc) is 2.15. The third-order valence-corrected chi connectivity index (χ3v) is 1.61. The molecular weight excluding hydrogens is 123 g/mol. The lowest BCUT2D eigenvalue weighted by Crippen LogP contribution is -2.24. The van der Waals surface area contributed by atoms with E-state index in [1.165, 1.54) is 0 Å². The van der Waals surface area contributed by atoms with Gasteiger partial charge < -0.3 is 9.84 Å². The van der Waals surface area contributed by atoms with Gasteiger partial charge >= 0.3 is 0 Å². The van der Waals surface area contributed by atoms with E-state index in [4.69, 9.17) is 9.84 Å². The van der Waals surface area contributed by atoms with Crippen LogP contribution in [0, 0.1) is 0 Å². The highest BCUT2D eigenvalue weighted by atomic mass is 19.1. The summed E-state index contributed by atoms with van der Waals surface area (Å²) in [6.45, 7) is 2.00. The van der Waals surface area contributed by atoms with Gasteiger partial charge in [0.2, 0.25) is 0 Å². The fourth-order valence-electron chi connectivity index (χ4n) is 0.997. The second-order valence-electron chi connectivity index (χ2n) is 2.29. The minimum atomic E-state index is -1.17. The molecule has 0 bridgehead atoms. The molecule has 0 unspecified atom stereocenters. The Balaban J connectivity index is 2.41. The molecule has 1 fully saturated rings. The number of alkyl halides is 1. The van der Waals surface area contributed by atoms with Crippen LogP contribution in [0.3, 0.4) is 0 Å². The summed E-state index contributed by atoms with van der Waals surface area (Å²) in [7, 11) is 0. The molecule has 3 heteroatoms. The minimum Gasteiger partial charge on any atom is -0.388 e. The molecular formula is C6H11FO2. The lowest BCUT2D eigenvalue weighted by Gasteiger charge is -2.08. The first-order valence-electron chi connectivity index (χ1n) is 3.19. The average molecular weight is 134 g/mol. The predicted molar refractivity (Wildman–Crippen MR) is 30.9 cm³/mol. The van der Waals surface area contributed by atoms with Crippen LogP contribution in [0.1, 0.15) is 13.3 Å². The molecule has 1 saturated heterocycles. The van der Waals surface area contributed by atoms with E-state index in [0.717, 1.165) is 0 Å². The lowest BCUT2D eigenvalue weighted by atomic mass is 10.1. The maximum atomic E-state index is 12.6. The summed E-state index contributed by atoms with van der Waals surface area (Å²) < 4.78 is 17.5. The van der Waals surface area contributed by atoms with Gasteiger partial charge in [-0.25, -0.2) is 4.39 Å². The Morgan fingerprint density at radius 1 is 1.78 bits per heavy atom. The number of hydrogen-bond donors (Lipinski definition) is 1. The first-order chi connectivity index (χ1) is 4.25. The van der Waals surface area contributed by atoms with E-state index < -0.39 is 12.3 Å². The zero-order chi connectivity index (χ0) is 6.85. The molecule has 1 aliphatic heterocycles. The Kier molecular flexibility index (Phi) is 2.03. The summed E-state index contributed by atoms with van der Waals surface area (Å²) in [5.74, 6) is 0. The third kappa shape index (κ3) is 1.22. The summed E-state index contributed by atoms with van der Waals surface area (Å²) in [5.41, 5.74) is 0. The molecule has 9 heavy (non-hydrogen) atoms. The fourth-order valence-corrected chi connectivity index (χ4v) is 0.997. The molecule has 0 aromatic rings. The van der Waals surface area contributed by atoms with Crippen molar-refractivity contribution in [3.63, 3.8) is 0 Å². The number of hydrogen-bond acceptors (Lipinski definition) is 2. The minimum absolute atomic E-state index is 0.152. The van der Waals surface area contributed by atoms with Gasteiger partial charge in [0.15, 0.2) is 6.17 Å². The van der Waals surface area contributed by atoms with Crippen molar-refractivity contribution in [2.45, 2.75) is 31.7 Å². The Morgan fingerprint density at radius 3 is 2.67 bits per heavy atom. The highest BCUT2D eigenvalue weighted by molar-refractivity contribution is 4.82. The van der Waals surface area contributed by atoms with Gasteiger partial charge in [-0.05, 0) is 6.42 Å². The van der Waals surface area contributed by atoms with Gasteiger partial charge in [-0.2, -0.15) is 0 Å². The van der Waals surface area contributed by atoms with Crippen LogP contribution in [0.25, 0.3) is 0 Å². The first kappa shape index (κ1) is 6.96. The van der Waals surface area contributed by atoms with E-state index in [1.807, 2.05) is 6.92 Å². The van der Waals surface area contributed by atoms with Crippen molar-refractivity contribution in [1.29, 1.82) is 0 Å². The van der Waals surface area contributed by atoms with Crippen molar-refractivity contribution in [1.82, 2.24) is 0 Å². The van der Waals surface area contributed by atoms with E-state index >= 15 is 0 Å². The molecule has 0 saturated carbocycles. The number of ether oxygens (including phenoxy) is 1. The quantitative estimate of drug-likeness (QED) is 0.565. The second-order valence-corrected chi connectivity index (χ2v) is 2.29. The summed E-state index contributed by atoms with van der Waals surface area (Å²) in [6, 6.07) is 0. The summed E-state index contributed by atoms with van der Waals surface area (Å²) in [6.07, 6.45) is -1.80. The largest absolute Gasteiger partial charge is 0.388 e. The Bertz CT molecular complexity index is 97.1. The molecule has 0 amide bonds. The standard InChI is InChI=1S/C6H11FO2/c1-2-5-6(7)4(8)3-9-5/h4-6,8H,2-3H2,1H3/t4-,5-,6+/m1/s1. The molecule has 3 atom stereocenters. The first-order valence-corrected chi connectivity index (χ1v) is 3.19. The Hall–Kier alpha value is -0.150. The van der Waals surface area contributed by atoms with Crippen LogP contribution in [0.5, 0.6) is 0 Å². The van der Waals surface area contributed by atoms with Gasteiger partial charge in [0, 0.05) is 0 Å². The van der Waals surface area contributed by atoms with Gasteiger partial charge in [-0.1, -0.05) is 6.92 Å². The maximum Gasteiger partial charge on any atom is 0.154 e. The molecule has 0 spiro atoms. The van der Waals surface area contributed by atoms with Crippen molar-refractivity contribution in [3.05, 3.63) is 0 Å². The maximum absolute atomic E-state index is 12.6. The monoisotopic (exact) mass is 134 g/mol. The number of aliphatic hydroxyl groups is 1. The van der Waals surface area contributed by atoms with Crippen molar-refractivity contribution in [2.24, 2.45) is 0 Å². The SMILES string of the molecule is CC[C@H]1OC[C@@H](O)[C@@H]1F. The van der Waals surface area contributed by atoms with Gasteiger partial charge in [-0.15, -0.1) is 0 Å². The molecule has 0 aliphatic carbocycles. The summed E-state index contributed by atoms with van der Waals surface area (Å²) >= 11 is 0. The molecule has 2 nitrogen and oxygen atoms in total. The second kappa shape index (κ2) is 2.62. The molecule has 0 aromatic heterocycles. The van der Waals surface area contributed by atoms with Gasteiger partial charge in [-0.3, -0.25) is 0 Å². The lowest BCUT2D eigenvalue weighted by molar-refractivity contribution is 0.0750. The van der Waals surface area contributed by atoms with E-state index in [2.05, 4.69) is 0 Å². The van der Waals surface area contributed by atoms with E-state index in [-0.39, 0.29) is 12.7 Å². The van der Waals surface area contributed by atoms with Crippen molar-refractivity contribution < 1.29 is 14.2 Å². The highest BCUT2D eigenvalue weighted by Crippen LogP contribution is 2.19. The summed E-state index contributed by atoms with van der Waals surface area (Å²) in [5, 5.41) is 8.80. The smallest absolute Gasteiger partial charge is 0.154 e. The third-order valence-electron chi connectivity index (χ3n) is 1.61. The Morgan fingerprint density at radius 2 is 2.44 bits per heavy atom. The van der Waals surface area contributed by atoms with E-state index in [0.29, 0.717) is 6.42 Å². The molecule has 54 valence electrons. The van der Waals surface area contributed by atoms with Crippen LogP contribution in [0.4, 0.5) is 4.39 Å². The summed E-state index contributed by atoms with van der Waals surface area (Å²) in [4.78, 5) is 0. The normalized spacial score (nSPS) is 43.7.